The highest BCUT2D eigenvalue weighted by atomic mass is 19.1. The van der Waals surface area contributed by atoms with Gasteiger partial charge >= 0.3 is 0 Å². The van der Waals surface area contributed by atoms with Crippen LogP contribution in [0.25, 0.3) is 22.4 Å². The summed E-state index contributed by atoms with van der Waals surface area (Å²) in [6.45, 7) is 0. The number of fused-ring (bicyclic) bond motifs is 1. The number of hydrogen-bond donors (Lipinski definition) is 0. The average molecular weight is 346 g/mol. The summed E-state index contributed by atoms with van der Waals surface area (Å²) in [5.41, 5.74) is 2.20. The molecule has 5 nitrogen and oxygen atoms in total. The molecule has 1 saturated carbocycles. The molecule has 0 amide bonds. The maximum Gasteiger partial charge on any atom is 0.237 e. The van der Waals surface area contributed by atoms with E-state index in [0.717, 1.165) is 29.7 Å². The van der Waals surface area contributed by atoms with Crippen LogP contribution in [0.15, 0.2) is 61.1 Å². The topological polar surface area (TPSA) is 52.8 Å². The van der Waals surface area contributed by atoms with E-state index >= 15 is 0 Å². The number of rotatable bonds is 4. The predicted molar refractivity (Wildman–Crippen MR) is 95.5 cm³/mol. The summed E-state index contributed by atoms with van der Waals surface area (Å²) in [5.74, 6) is 1.60. The van der Waals surface area contributed by atoms with Gasteiger partial charge in [-0.3, -0.25) is 4.98 Å². The van der Waals surface area contributed by atoms with Crippen LogP contribution in [-0.4, -0.2) is 19.5 Å². The number of para-hydroxylation sites is 1. The fraction of sp³-hybridized carbons (Fsp3) is 0.150. The Hall–Kier alpha value is -3.28. The van der Waals surface area contributed by atoms with Gasteiger partial charge in [-0.05, 0) is 49.2 Å². The van der Waals surface area contributed by atoms with Gasteiger partial charge in [-0.25, -0.2) is 14.4 Å². The molecule has 2 heterocycles. The molecule has 4 aromatic rings. The summed E-state index contributed by atoms with van der Waals surface area (Å²) in [5, 5.41) is 0. The SMILES string of the molecule is Fc1cccc2c1nc(-c1ccc(Oc3cnccn3)cc1)n2C1CC1. The first-order valence-electron chi connectivity index (χ1n) is 8.50. The third-order valence-corrected chi connectivity index (χ3v) is 4.46. The van der Waals surface area contributed by atoms with Crippen LogP contribution in [0.5, 0.6) is 11.6 Å². The zero-order valence-corrected chi connectivity index (χ0v) is 13.8. The molecule has 2 aromatic carbocycles. The van der Waals surface area contributed by atoms with Gasteiger partial charge in [-0.2, -0.15) is 0 Å². The Bertz CT molecular complexity index is 1070. The Balaban J connectivity index is 1.54. The molecule has 1 fully saturated rings. The van der Waals surface area contributed by atoms with Gasteiger partial charge in [0.05, 0.1) is 11.7 Å². The number of halogens is 1. The molecule has 128 valence electrons. The Labute approximate surface area is 149 Å². The van der Waals surface area contributed by atoms with Crippen LogP contribution in [0.1, 0.15) is 18.9 Å². The number of benzene rings is 2. The maximum atomic E-state index is 14.2. The lowest BCUT2D eigenvalue weighted by molar-refractivity contribution is 0.460. The minimum absolute atomic E-state index is 0.286. The molecule has 0 spiro atoms. The number of hydrogen-bond acceptors (Lipinski definition) is 4. The normalized spacial score (nSPS) is 13.9. The fourth-order valence-corrected chi connectivity index (χ4v) is 3.12. The Morgan fingerprint density at radius 3 is 2.62 bits per heavy atom. The average Bonchev–Trinajstić information content (AvgIpc) is 3.43. The van der Waals surface area contributed by atoms with Gasteiger partial charge in [-0.15, -0.1) is 0 Å². The first kappa shape index (κ1) is 15.0. The van der Waals surface area contributed by atoms with Crippen molar-refractivity contribution >= 4 is 11.0 Å². The van der Waals surface area contributed by atoms with E-state index in [-0.39, 0.29) is 5.82 Å². The molecule has 1 aliphatic carbocycles. The lowest BCUT2D eigenvalue weighted by Crippen LogP contribution is -1.97. The van der Waals surface area contributed by atoms with Crippen molar-refractivity contribution in [3.05, 3.63) is 66.9 Å². The quantitative estimate of drug-likeness (QED) is 0.535. The van der Waals surface area contributed by atoms with E-state index in [4.69, 9.17) is 4.74 Å². The summed E-state index contributed by atoms with van der Waals surface area (Å²) >= 11 is 0. The standard InChI is InChI=1S/C20H15FN4O/c21-16-2-1-3-17-19(16)24-20(25(17)14-6-7-14)13-4-8-15(9-5-13)26-18-12-22-10-11-23-18/h1-5,8-12,14H,6-7H2. The van der Waals surface area contributed by atoms with Crippen LogP contribution < -0.4 is 4.74 Å². The van der Waals surface area contributed by atoms with E-state index in [9.17, 15) is 4.39 Å². The Kier molecular flexibility index (Phi) is 3.41. The van der Waals surface area contributed by atoms with Gasteiger partial charge in [0.2, 0.25) is 5.88 Å². The molecular weight excluding hydrogens is 331 g/mol. The smallest absolute Gasteiger partial charge is 0.237 e. The lowest BCUT2D eigenvalue weighted by atomic mass is 10.2. The van der Waals surface area contributed by atoms with Crippen LogP contribution in [0.2, 0.25) is 0 Å². The second-order valence-corrected chi connectivity index (χ2v) is 6.31. The molecule has 5 rings (SSSR count). The first-order chi connectivity index (χ1) is 12.8. The number of imidazole rings is 1. The molecule has 2 aromatic heterocycles. The van der Waals surface area contributed by atoms with Crippen molar-refractivity contribution in [1.29, 1.82) is 0 Å². The molecule has 26 heavy (non-hydrogen) atoms. The second kappa shape index (κ2) is 5.91. The summed E-state index contributed by atoms with van der Waals surface area (Å²) in [6.07, 6.45) is 6.93. The first-order valence-corrected chi connectivity index (χ1v) is 8.50. The van der Waals surface area contributed by atoms with Crippen LogP contribution in [0.4, 0.5) is 4.39 Å². The molecule has 1 aliphatic rings. The Morgan fingerprint density at radius 2 is 1.88 bits per heavy atom. The van der Waals surface area contributed by atoms with Crippen molar-refractivity contribution in [1.82, 2.24) is 19.5 Å². The van der Waals surface area contributed by atoms with Gasteiger partial charge in [0, 0.05) is 24.0 Å². The van der Waals surface area contributed by atoms with Crippen molar-refractivity contribution in [3.8, 4) is 23.0 Å². The van der Waals surface area contributed by atoms with Crippen LogP contribution >= 0.6 is 0 Å². The van der Waals surface area contributed by atoms with Crippen molar-refractivity contribution in [2.75, 3.05) is 0 Å². The van der Waals surface area contributed by atoms with Gasteiger partial charge in [0.25, 0.3) is 0 Å². The largest absolute Gasteiger partial charge is 0.438 e. The summed E-state index contributed by atoms with van der Waals surface area (Å²) < 4.78 is 22.0. The van der Waals surface area contributed by atoms with Gasteiger partial charge in [0.15, 0.2) is 5.82 Å². The molecule has 0 unspecified atom stereocenters. The summed E-state index contributed by atoms with van der Waals surface area (Å²) in [6, 6.07) is 13.1. The van der Waals surface area contributed by atoms with E-state index in [0.29, 0.717) is 23.2 Å². The van der Waals surface area contributed by atoms with Crippen molar-refractivity contribution in [3.63, 3.8) is 0 Å². The molecule has 0 radical (unpaired) electrons. The predicted octanol–water partition coefficient (Wildman–Crippen LogP) is 4.76. The minimum atomic E-state index is -0.286. The van der Waals surface area contributed by atoms with Gasteiger partial charge in [0.1, 0.15) is 17.1 Å². The highest BCUT2D eigenvalue weighted by Gasteiger charge is 2.29. The van der Waals surface area contributed by atoms with Crippen molar-refractivity contribution in [2.24, 2.45) is 0 Å². The maximum absolute atomic E-state index is 14.2. The molecule has 0 atom stereocenters. The lowest BCUT2D eigenvalue weighted by Gasteiger charge is -2.09. The third-order valence-electron chi connectivity index (χ3n) is 4.46. The third kappa shape index (κ3) is 2.60. The zero-order valence-electron chi connectivity index (χ0n) is 13.8. The van der Waals surface area contributed by atoms with Crippen LogP contribution in [0, 0.1) is 5.82 Å². The number of aromatic nitrogens is 4. The second-order valence-electron chi connectivity index (χ2n) is 6.31. The van der Waals surface area contributed by atoms with Gasteiger partial charge < -0.3 is 9.30 Å². The summed E-state index contributed by atoms with van der Waals surface area (Å²) in [4.78, 5) is 12.7. The molecule has 0 N–H and O–H groups in total. The molecule has 0 bridgehead atoms. The highest BCUT2D eigenvalue weighted by molar-refractivity contribution is 5.81. The van der Waals surface area contributed by atoms with E-state index < -0.39 is 0 Å². The zero-order chi connectivity index (χ0) is 17.5. The molecule has 0 aliphatic heterocycles. The van der Waals surface area contributed by atoms with Gasteiger partial charge in [-0.1, -0.05) is 6.07 Å². The molecular formula is C20H15FN4O. The molecule has 6 heteroatoms. The summed E-state index contributed by atoms with van der Waals surface area (Å²) in [7, 11) is 0. The van der Waals surface area contributed by atoms with E-state index in [1.807, 2.05) is 30.3 Å². The van der Waals surface area contributed by atoms with E-state index in [1.54, 1.807) is 24.7 Å². The molecule has 0 saturated heterocycles. The highest BCUT2D eigenvalue weighted by Crippen LogP contribution is 2.41. The fourth-order valence-electron chi connectivity index (χ4n) is 3.12. The number of nitrogens with zero attached hydrogens (tertiary/aromatic N) is 4. The van der Waals surface area contributed by atoms with Crippen molar-refractivity contribution < 1.29 is 9.13 Å². The van der Waals surface area contributed by atoms with Crippen LogP contribution in [-0.2, 0) is 0 Å². The van der Waals surface area contributed by atoms with Crippen LogP contribution in [0.3, 0.4) is 0 Å². The minimum Gasteiger partial charge on any atom is -0.438 e. The van der Waals surface area contributed by atoms with E-state index in [2.05, 4.69) is 19.5 Å². The number of ether oxygens (including phenoxy) is 1. The Morgan fingerprint density at radius 1 is 1.04 bits per heavy atom. The van der Waals surface area contributed by atoms with E-state index in [1.165, 1.54) is 6.07 Å². The van der Waals surface area contributed by atoms with Crippen molar-refractivity contribution in [2.45, 2.75) is 18.9 Å². The monoisotopic (exact) mass is 346 g/mol.